The largest absolute Gasteiger partial charge is 0.417 e. The van der Waals surface area contributed by atoms with Crippen LogP contribution in [-0.4, -0.2) is 116 Å². The molecule has 0 spiro atoms. The van der Waals surface area contributed by atoms with Crippen molar-refractivity contribution in [3.8, 4) is 0 Å². The molecule has 0 aromatic carbocycles. The summed E-state index contributed by atoms with van der Waals surface area (Å²) in [5, 5.41) is 3.74. The van der Waals surface area contributed by atoms with Crippen molar-refractivity contribution in [1.82, 2.24) is 25.0 Å². The van der Waals surface area contributed by atoms with Gasteiger partial charge in [-0.2, -0.15) is 13.2 Å². The molecule has 0 bridgehead atoms. The molecule has 4 fully saturated rings. The van der Waals surface area contributed by atoms with E-state index in [0.29, 0.717) is 83.3 Å². The van der Waals surface area contributed by atoms with Gasteiger partial charge in [0.25, 0.3) is 0 Å². The quantitative estimate of drug-likeness (QED) is 0.581. The number of rotatable bonds is 4. The number of nitrogens with zero attached hydrogens (tertiary/aromatic N) is 4. The minimum absolute atomic E-state index is 0.0562. The average molecular weight is 582 g/mol. The lowest BCUT2D eigenvalue weighted by Crippen LogP contribution is -2.53. The van der Waals surface area contributed by atoms with Crippen molar-refractivity contribution in [2.24, 2.45) is 11.3 Å². The van der Waals surface area contributed by atoms with Gasteiger partial charge in [-0.25, -0.2) is 4.79 Å². The minimum atomic E-state index is -4.50. The van der Waals surface area contributed by atoms with Crippen LogP contribution in [0.25, 0.3) is 0 Å². The molecule has 5 heterocycles. The van der Waals surface area contributed by atoms with Crippen LogP contribution in [0.15, 0.2) is 12.3 Å². The van der Waals surface area contributed by atoms with E-state index in [1.165, 1.54) is 0 Å². The molecule has 226 valence electrons. The average Bonchev–Trinajstić information content (AvgIpc) is 3.51. The molecule has 6 rings (SSSR count). The standard InChI is InChI=1S/C28H38F3N5O5/c1-39-24-16-41-7-3-23(24)33-21-11-20-15-36(26(38)34-5-8-40-9-6-34)17-27(20,12-21)25(37)35-4-2-22-18(14-35)10-19(13-32-22)28(29,30)31/h10,13,20-21,23-24,33H,2-9,11-12,14-17H2,1H3/t20-,21+,23?,24?,27-/m0/s1. The first-order valence-electron chi connectivity index (χ1n) is 14.5. The van der Waals surface area contributed by atoms with Crippen LogP contribution in [0.3, 0.4) is 0 Å². The van der Waals surface area contributed by atoms with Gasteiger partial charge in [-0.15, -0.1) is 0 Å². The van der Waals surface area contributed by atoms with E-state index >= 15 is 0 Å². The zero-order valence-electron chi connectivity index (χ0n) is 23.3. The number of hydrogen-bond acceptors (Lipinski definition) is 7. The molecule has 5 aliphatic rings. The second-order valence-electron chi connectivity index (χ2n) is 12.0. The number of likely N-dealkylation sites (tertiary alicyclic amines) is 1. The zero-order chi connectivity index (χ0) is 28.8. The predicted octanol–water partition coefficient (Wildman–Crippen LogP) is 1.91. The molecule has 1 aliphatic carbocycles. The SMILES string of the molecule is COC1COCCC1N[C@@H]1C[C@H]2CN(C(=O)N3CCOCC3)C[C@@]2(C(=O)N2CCc3ncc(C(F)(F)F)cc3C2)C1. The smallest absolute Gasteiger partial charge is 0.379 e. The van der Waals surface area contributed by atoms with Gasteiger partial charge in [0.15, 0.2) is 0 Å². The maximum atomic E-state index is 14.4. The maximum Gasteiger partial charge on any atom is 0.417 e. The predicted molar refractivity (Wildman–Crippen MR) is 140 cm³/mol. The van der Waals surface area contributed by atoms with E-state index in [4.69, 9.17) is 14.2 Å². The van der Waals surface area contributed by atoms with Crippen molar-refractivity contribution < 1.29 is 37.0 Å². The fourth-order valence-electron chi connectivity index (χ4n) is 7.44. The van der Waals surface area contributed by atoms with Crippen LogP contribution in [0.5, 0.6) is 0 Å². The Balaban J connectivity index is 1.23. The van der Waals surface area contributed by atoms with Gasteiger partial charge < -0.3 is 34.2 Å². The Morgan fingerprint density at radius 1 is 1.12 bits per heavy atom. The van der Waals surface area contributed by atoms with E-state index in [0.717, 1.165) is 25.1 Å². The molecule has 41 heavy (non-hydrogen) atoms. The summed E-state index contributed by atoms with van der Waals surface area (Å²) in [4.78, 5) is 37.2. The van der Waals surface area contributed by atoms with E-state index in [9.17, 15) is 22.8 Å². The van der Waals surface area contributed by atoms with Crippen LogP contribution in [0, 0.1) is 11.3 Å². The Morgan fingerprint density at radius 2 is 1.93 bits per heavy atom. The van der Waals surface area contributed by atoms with Gasteiger partial charge in [0.05, 0.1) is 36.9 Å². The molecule has 1 N–H and O–H groups in total. The van der Waals surface area contributed by atoms with E-state index in [1.54, 1.807) is 21.8 Å². The lowest BCUT2D eigenvalue weighted by Gasteiger charge is -2.38. The van der Waals surface area contributed by atoms with Gasteiger partial charge in [-0.05, 0) is 36.8 Å². The Hall–Kier alpha value is -2.48. The Morgan fingerprint density at radius 3 is 2.68 bits per heavy atom. The topological polar surface area (TPSA) is 96.5 Å². The fraction of sp³-hybridized carbons (Fsp3) is 0.750. The molecule has 3 amide bonds. The molecule has 3 saturated heterocycles. The first kappa shape index (κ1) is 28.6. The molecule has 1 saturated carbocycles. The van der Waals surface area contributed by atoms with Gasteiger partial charge in [0.1, 0.15) is 0 Å². The Bertz CT molecular complexity index is 1150. The van der Waals surface area contributed by atoms with Crippen LogP contribution in [0.4, 0.5) is 18.0 Å². The van der Waals surface area contributed by atoms with Crippen molar-refractivity contribution in [2.45, 2.75) is 56.6 Å². The second-order valence-corrected chi connectivity index (χ2v) is 12.0. The highest BCUT2D eigenvalue weighted by Crippen LogP contribution is 2.51. The van der Waals surface area contributed by atoms with Crippen LogP contribution < -0.4 is 5.32 Å². The number of ether oxygens (including phenoxy) is 3. The van der Waals surface area contributed by atoms with Crippen molar-refractivity contribution in [3.05, 3.63) is 29.1 Å². The number of pyridine rings is 1. The zero-order valence-corrected chi connectivity index (χ0v) is 23.3. The number of nitrogens with one attached hydrogen (secondary N) is 1. The van der Waals surface area contributed by atoms with Crippen LogP contribution in [0.2, 0.25) is 0 Å². The summed E-state index contributed by atoms with van der Waals surface area (Å²) in [6.07, 6.45) is -1.22. The molecule has 4 aliphatic heterocycles. The maximum absolute atomic E-state index is 14.4. The summed E-state index contributed by atoms with van der Waals surface area (Å²) in [6.45, 7) is 4.43. The normalized spacial score (nSPS) is 32.1. The second kappa shape index (κ2) is 11.3. The number of amides is 3. The first-order valence-corrected chi connectivity index (χ1v) is 14.5. The third-order valence-electron chi connectivity index (χ3n) is 9.56. The van der Waals surface area contributed by atoms with E-state index in [2.05, 4.69) is 10.3 Å². The van der Waals surface area contributed by atoms with Crippen LogP contribution in [0.1, 0.15) is 36.1 Å². The number of methoxy groups -OCH3 is 1. The molecule has 1 aromatic heterocycles. The molecule has 1 aromatic rings. The van der Waals surface area contributed by atoms with Crippen molar-refractivity contribution in [1.29, 1.82) is 0 Å². The molecule has 13 heteroatoms. The highest BCUT2D eigenvalue weighted by Gasteiger charge is 2.60. The summed E-state index contributed by atoms with van der Waals surface area (Å²) in [7, 11) is 1.67. The van der Waals surface area contributed by atoms with Gasteiger partial charge >= 0.3 is 12.2 Å². The van der Waals surface area contributed by atoms with Gasteiger partial charge in [0, 0.05) is 83.4 Å². The number of aromatic nitrogens is 1. The monoisotopic (exact) mass is 581 g/mol. The number of urea groups is 1. The number of carbonyl (C=O) groups is 2. The van der Waals surface area contributed by atoms with E-state index in [-0.39, 0.29) is 42.6 Å². The van der Waals surface area contributed by atoms with Crippen LogP contribution in [-0.2, 0) is 38.1 Å². The summed E-state index contributed by atoms with van der Waals surface area (Å²) >= 11 is 0. The first-order chi connectivity index (χ1) is 19.7. The van der Waals surface area contributed by atoms with Crippen molar-refractivity contribution in [2.75, 3.05) is 66.3 Å². The number of carbonyl (C=O) groups excluding carboxylic acids is 2. The summed E-state index contributed by atoms with van der Waals surface area (Å²) in [6, 6.07) is 1.20. The van der Waals surface area contributed by atoms with E-state index < -0.39 is 17.2 Å². The summed E-state index contributed by atoms with van der Waals surface area (Å²) in [5.74, 6) is -0.137. The molecule has 10 nitrogen and oxygen atoms in total. The summed E-state index contributed by atoms with van der Waals surface area (Å²) < 4.78 is 56.8. The highest BCUT2D eigenvalue weighted by molar-refractivity contribution is 5.86. The third kappa shape index (κ3) is 5.53. The third-order valence-corrected chi connectivity index (χ3v) is 9.56. The fourth-order valence-corrected chi connectivity index (χ4v) is 7.44. The van der Waals surface area contributed by atoms with Crippen molar-refractivity contribution in [3.63, 3.8) is 0 Å². The lowest BCUT2D eigenvalue weighted by molar-refractivity contribution is -0.143. The molecule has 2 unspecified atom stereocenters. The molecule has 0 radical (unpaired) electrons. The lowest BCUT2D eigenvalue weighted by atomic mass is 9.78. The van der Waals surface area contributed by atoms with Gasteiger partial charge in [0.2, 0.25) is 5.91 Å². The summed E-state index contributed by atoms with van der Waals surface area (Å²) in [5.41, 5.74) is -0.578. The molecular formula is C28H38F3N5O5. The molecular weight excluding hydrogens is 543 g/mol. The van der Waals surface area contributed by atoms with Gasteiger partial charge in [-0.1, -0.05) is 0 Å². The van der Waals surface area contributed by atoms with Crippen molar-refractivity contribution >= 4 is 11.9 Å². The number of morpholine rings is 1. The Labute approximate surface area is 237 Å². The Kier molecular flexibility index (Phi) is 7.90. The van der Waals surface area contributed by atoms with Gasteiger partial charge in [-0.3, -0.25) is 9.78 Å². The highest BCUT2D eigenvalue weighted by atomic mass is 19.4. The molecule has 5 atom stereocenters. The number of fused-ring (bicyclic) bond motifs is 2. The number of hydrogen-bond donors (Lipinski definition) is 1. The number of halogens is 3. The number of alkyl halides is 3. The van der Waals surface area contributed by atoms with E-state index in [1.807, 2.05) is 0 Å². The minimum Gasteiger partial charge on any atom is -0.379 e. The van der Waals surface area contributed by atoms with Crippen LogP contribution >= 0.6 is 0 Å².